The molecule has 176 valence electrons. The number of ether oxygens (including phenoxy) is 2. The number of fused-ring (bicyclic) bond motifs is 6. The van der Waals surface area contributed by atoms with Gasteiger partial charge in [-0.25, -0.2) is 9.78 Å². The number of methoxy groups -OCH3 is 1. The fourth-order valence-corrected chi connectivity index (χ4v) is 6.55. The van der Waals surface area contributed by atoms with Crippen molar-refractivity contribution >= 4 is 31.8 Å². The molecule has 1 N–H and O–H groups in total. The number of H-pyrrole nitrogens is 1. The number of likely N-dealkylation sites (tertiary alicyclic amines) is 1. The van der Waals surface area contributed by atoms with E-state index in [0.29, 0.717) is 35.2 Å². The first-order chi connectivity index (χ1) is 16.6. The van der Waals surface area contributed by atoms with Crippen molar-refractivity contribution in [2.45, 2.75) is 25.3 Å². The fourth-order valence-electron chi connectivity index (χ4n) is 5.50. The molecule has 1 saturated heterocycles. The van der Waals surface area contributed by atoms with Crippen LogP contribution in [-0.2, 0) is 6.54 Å². The van der Waals surface area contributed by atoms with Gasteiger partial charge in [-0.05, 0) is 56.1 Å². The number of hydrogen-bond donors (Lipinski definition) is 1. The number of thiophene rings is 1. The average molecular weight is 479 g/mol. The Balaban J connectivity index is 1.15. The molecule has 1 fully saturated rings. The topological polar surface area (TPSA) is 89.5 Å². The maximum Gasteiger partial charge on any atom is 0.328 e. The van der Waals surface area contributed by atoms with Crippen LogP contribution in [0.3, 0.4) is 0 Å². The zero-order valence-corrected chi connectivity index (χ0v) is 19.8. The van der Waals surface area contributed by atoms with Gasteiger partial charge in [0.05, 0.1) is 19.2 Å². The van der Waals surface area contributed by atoms with Crippen LogP contribution < -0.4 is 20.7 Å². The molecule has 4 aromatic rings. The van der Waals surface area contributed by atoms with E-state index in [1.165, 1.54) is 21.5 Å². The van der Waals surface area contributed by atoms with Crippen molar-refractivity contribution in [2.24, 2.45) is 5.92 Å². The van der Waals surface area contributed by atoms with Crippen LogP contribution in [0.25, 0.3) is 20.4 Å². The summed E-state index contributed by atoms with van der Waals surface area (Å²) in [6.45, 7) is 3.85. The van der Waals surface area contributed by atoms with E-state index >= 15 is 0 Å². The second-order valence-electron chi connectivity index (χ2n) is 9.04. The highest BCUT2D eigenvalue weighted by molar-refractivity contribution is 7.25. The van der Waals surface area contributed by atoms with Gasteiger partial charge in [0.2, 0.25) is 0 Å². The maximum absolute atomic E-state index is 13.0. The summed E-state index contributed by atoms with van der Waals surface area (Å²) in [5.41, 5.74) is 1.20. The normalized spacial score (nSPS) is 20.1. The summed E-state index contributed by atoms with van der Waals surface area (Å²) in [6.07, 6.45) is 3.47. The molecule has 0 aliphatic carbocycles. The van der Waals surface area contributed by atoms with Crippen LogP contribution in [0.2, 0.25) is 0 Å². The van der Waals surface area contributed by atoms with Gasteiger partial charge in [-0.15, -0.1) is 11.3 Å². The number of nitrogens with one attached hydrogen (secondary N) is 1. The van der Waals surface area contributed by atoms with E-state index in [9.17, 15) is 9.59 Å². The summed E-state index contributed by atoms with van der Waals surface area (Å²) in [7, 11) is 1.71. The number of nitrogens with zero attached hydrogens (tertiary/aromatic N) is 3. The van der Waals surface area contributed by atoms with Gasteiger partial charge in [-0.2, -0.15) is 0 Å². The molecule has 0 amide bonds. The lowest BCUT2D eigenvalue weighted by Gasteiger charge is -2.42. The van der Waals surface area contributed by atoms with E-state index in [-0.39, 0.29) is 11.2 Å². The molecule has 0 unspecified atom stereocenters. The number of hydrogen-bond acceptors (Lipinski definition) is 7. The van der Waals surface area contributed by atoms with Gasteiger partial charge < -0.3 is 19.4 Å². The third kappa shape index (κ3) is 3.50. The van der Waals surface area contributed by atoms with Crippen molar-refractivity contribution in [2.75, 3.05) is 33.4 Å². The Morgan fingerprint density at radius 1 is 1.24 bits per heavy atom. The first kappa shape index (κ1) is 21.4. The van der Waals surface area contributed by atoms with Gasteiger partial charge in [0.1, 0.15) is 21.0 Å². The number of aromatic nitrogens is 3. The number of aromatic amines is 1. The molecule has 1 aromatic carbocycles. The monoisotopic (exact) mass is 478 g/mol. The molecule has 0 radical (unpaired) electrons. The lowest BCUT2D eigenvalue weighted by atomic mass is 9.78. The van der Waals surface area contributed by atoms with E-state index < -0.39 is 0 Å². The Bertz CT molecular complexity index is 1480. The average Bonchev–Trinajstić information content (AvgIpc) is 3.24. The van der Waals surface area contributed by atoms with Crippen LogP contribution >= 0.6 is 11.3 Å². The molecule has 0 saturated carbocycles. The molecular weight excluding hydrogens is 452 g/mol. The van der Waals surface area contributed by atoms with Crippen LogP contribution in [0.15, 0.2) is 46.1 Å². The second kappa shape index (κ2) is 8.56. The SMILES string of the molecule is COc1cccc2c1[C@H]1CCN(CCCn3c(=O)[nH]c4c(sc5ncccc54)c3=O)C[C@@H]1CO2. The Kier molecular flexibility index (Phi) is 5.38. The van der Waals surface area contributed by atoms with Crippen molar-refractivity contribution in [3.63, 3.8) is 0 Å². The molecule has 5 heterocycles. The number of benzene rings is 1. The molecular formula is C25H26N4O4S. The molecule has 9 heteroatoms. The van der Waals surface area contributed by atoms with Gasteiger partial charge >= 0.3 is 5.69 Å². The lowest BCUT2D eigenvalue weighted by Crippen LogP contribution is -2.44. The Hall–Kier alpha value is -3.17. The molecule has 6 rings (SSSR count). The first-order valence-electron chi connectivity index (χ1n) is 11.7. The molecule has 0 bridgehead atoms. The maximum atomic E-state index is 13.0. The van der Waals surface area contributed by atoms with Crippen molar-refractivity contribution in [3.05, 3.63) is 62.9 Å². The molecule has 8 nitrogen and oxygen atoms in total. The fraction of sp³-hybridized carbons (Fsp3) is 0.400. The van der Waals surface area contributed by atoms with Crippen molar-refractivity contribution in [3.8, 4) is 11.5 Å². The Morgan fingerprint density at radius 2 is 2.15 bits per heavy atom. The summed E-state index contributed by atoms with van der Waals surface area (Å²) < 4.78 is 13.6. The third-order valence-corrected chi connectivity index (χ3v) is 8.23. The first-order valence-corrected chi connectivity index (χ1v) is 12.5. The highest BCUT2D eigenvalue weighted by Crippen LogP contribution is 2.46. The van der Waals surface area contributed by atoms with Crippen molar-refractivity contribution in [1.82, 2.24) is 19.4 Å². The minimum atomic E-state index is -0.357. The lowest BCUT2D eigenvalue weighted by molar-refractivity contribution is 0.0899. The largest absolute Gasteiger partial charge is 0.496 e. The standard InChI is InChI=1S/C25H26N4O4S/c1-32-18-6-2-7-19-20(18)16-8-12-28(13-15(16)14-33-19)10-4-11-29-24(30)22-21(27-25(29)31)17-5-3-9-26-23(17)34-22/h2-3,5-7,9,15-16H,4,8,10-14H2,1H3,(H,27,31)/t15-,16+/m1/s1. The summed E-state index contributed by atoms with van der Waals surface area (Å²) in [6, 6.07) is 9.71. The second-order valence-corrected chi connectivity index (χ2v) is 10.0. The molecule has 2 aliphatic rings. The minimum absolute atomic E-state index is 0.232. The van der Waals surface area contributed by atoms with Crippen LogP contribution in [0.4, 0.5) is 0 Å². The van der Waals surface area contributed by atoms with E-state index in [1.807, 2.05) is 30.3 Å². The molecule has 2 aliphatic heterocycles. The van der Waals surface area contributed by atoms with Gasteiger partial charge in [-0.3, -0.25) is 9.36 Å². The number of piperidine rings is 1. The van der Waals surface area contributed by atoms with E-state index in [1.54, 1.807) is 13.3 Å². The van der Waals surface area contributed by atoms with Gasteiger partial charge in [0.15, 0.2) is 0 Å². The number of rotatable bonds is 5. The summed E-state index contributed by atoms with van der Waals surface area (Å²) in [4.78, 5) is 36.2. The smallest absolute Gasteiger partial charge is 0.328 e. The minimum Gasteiger partial charge on any atom is -0.496 e. The van der Waals surface area contributed by atoms with Gasteiger partial charge in [0, 0.05) is 36.2 Å². The summed E-state index contributed by atoms with van der Waals surface area (Å²) >= 11 is 1.33. The molecule has 34 heavy (non-hydrogen) atoms. The van der Waals surface area contributed by atoms with Gasteiger partial charge in [-0.1, -0.05) is 6.07 Å². The molecule has 0 spiro atoms. The van der Waals surface area contributed by atoms with E-state index in [4.69, 9.17) is 9.47 Å². The van der Waals surface area contributed by atoms with Crippen LogP contribution in [0.1, 0.15) is 24.3 Å². The van der Waals surface area contributed by atoms with Crippen LogP contribution in [0.5, 0.6) is 11.5 Å². The highest BCUT2D eigenvalue weighted by atomic mass is 32.1. The predicted octanol–water partition coefficient (Wildman–Crippen LogP) is 3.20. The van der Waals surface area contributed by atoms with Crippen molar-refractivity contribution < 1.29 is 9.47 Å². The quantitative estimate of drug-likeness (QED) is 0.474. The van der Waals surface area contributed by atoms with Crippen molar-refractivity contribution in [1.29, 1.82) is 0 Å². The van der Waals surface area contributed by atoms with Gasteiger partial charge in [0.25, 0.3) is 5.56 Å². The highest BCUT2D eigenvalue weighted by Gasteiger charge is 2.37. The van der Waals surface area contributed by atoms with E-state index in [2.05, 4.69) is 14.9 Å². The zero-order chi connectivity index (χ0) is 23.2. The number of pyridine rings is 1. The van der Waals surface area contributed by atoms with Crippen LogP contribution in [-0.4, -0.2) is 52.8 Å². The summed E-state index contributed by atoms with van der Waals surface area (Å²) in [5.74, 6) is 2.70. The predicted molar refractivity (Wildman–Crippen MR) is 132 cm³/mol. The molecule has 3 aromatic heterocycles. The van der Waals surface area contributed by atoms with E-state index in [0.717, 1.165) is 54.2 Å². The molecule has 2 atom stereocenters. The Morgan fingerprint density at radius 3 is 3.03 bits per heavy atom. The zero-order valence-electron chi connectivity index (χ0n) is 19.0. The third-order valence-electron chi connectivity index (χ3n) is 7.13. The summed E-state index contributed by atoms with van der Waals surface area (Å²) in [5, 5.41) is 0.819. The Labute approximate surface area is 199 Å². The van der Waals surface area contributed by atoms with Crippen LogP contribution in [0, 0.1) is 5.92 Å².